The van der Waals surface area contributed by atoms with Gasteiger partial charge in [0, 0.05) is 6.54 Å². The molecule has 1 rings (SSSR count). The number of ether oxygens (including phenoxy) is 1. The van der Waals surface area contributed by atoms with Crippen LogP contribution in [0.5, 0.6) is 0 Å². The standard InChI is InChI=1S/C22H36BF3N4O5/c1-14(2)8-16(10-27)21(32)30-7-5-6-17(30)11-35-12-18(28-13-22(24,25)26)20(31)29-19(23(33)34)9-15(3)4/h8,14-15,17-19,28,33-34H,5-7,9,11-13H2,1-4H3,(H,29,31)/t17-,18+,19+/m1/s1. The molecule has 1 fully saturated rings. The molecule has 0 radical (unpaired) electrons. The number of alkyl halides is 3. The van der Waals surface area contributed by atoms with Crippen LogP contribution in [0.3, 0.4) is 0 Å². The number of rotatable bonds is 13. The molecule has 0 aliphatic carbocycles. The summed E-state index contributed by atoms with van der Waals surface area (Å²) in [5.41, 5.74) is 0.0229. The third-order valence-corrected chi connectivity index (χ3v) is 5.36. The van der Waals surface area contributed by atoms with E-state index >= 15 is 0 Å². The van der Waals surface area contributed by atoms with E-state index in [-0.39, 0.29) is 36.5 Å². The van der Waals surface area contributed by atoms with Crippen LogP contribution >= 0.6 is 0 Å². The SMILES string of the molecule is CC(C)C=C(C#N)C(=O)N1CCC[C@@H]1COC[C@H](NCC(F)(F)F)C(=O)N[C@@H](CC(C)C)B(O)O. The topological polar surface area (TPSA) is 135 Å². The van der Waals surface area contributed by atoms with Gasteiger partial charge in [0.2, 0.25) is 5.91 Å². The second-order valence-electron chi connectivity index (χ2n) is 9.48. The molecule has 0 unspecified atom stereocenters. The van der Waals surface area contributed by atoms with Crippen molar-refractivity contribution in [1.82, 2.24) is 15.5 Å². The predicted molar refractivity (Wildman–Crippen MR) is 124 cm³/mol. The van der Waals surface area contributed by atoms with Crippen LogP contribution in [-0.2, 0) is 14.3 Å². The number of hydrogen-bond donors (Lipinski definition) is 4. The molecule has 9 nitrogen and oxygen atoms in total. The molecule has 0 aromatic carbocycles. The van der Waals surface area contributed by atoms with Crippen LogP contribution in [0.25, 0.3) is 0 Å². The highest BCUT2D eigenvalue weighted by molar-refractivity contribution is 6.43. The summed E-state index contributed by atoms with van der Waals surface area (Å²) in [6.45, 7) is 5.81. The first-order chi connectivity index (χ1) is 16.2. The molecule has 0 spiro atoms. The van der Waals surface area contributed by atoms with E-state index in [0.717, 1.165) is 0 Å². The highest BCUT2D eigenvalue weighted by Gasteiger charge is 2.34. The maximum atomic E-state index is 12.8. The van der Waals surface area contributed by atoms with E-state index in [9.17, 15) is 38.1 Å². The first kappa shape index (κ1) is 30.9. The number of nitrogens with zero attached hydrogens (tertiary/aromatic N) is 2. The molecular formula is C22H36BF3N4O5. The maximum Gasteiger partial charge on any atom is 0.475 e. The molecule has 4 N–H and O–H groups in total. The number of nitriles is 1. The van der Waals surface area contributed by atoms with Crippen molar-refractivity contribution in [2.75, 3.05) is 26.3 Å². The molecule has 1 aliphatic rings. The lowest BCUT2D eigenvalue weighted by molar-refractivity contribution is -0.135. The average Bonchev–Trinajstić information content (AvgIpc) is 3.20. The van der Waals surface area contributed by atoms with Crippen molar-refractivity contribution < 1.29 is 37.5 Å². The Morgan fingerprint density at radius 3 is 2.46 bits per heavy atom. The summed E-state index contributed by atoms with van der Waals surface area (Å²) in [4.78, 5) is 26.9. The van der Waals surface area contributed by atoms with Crippen molar-refractivity contribution in [1.29, 1.82) is 5.26 Å². The van der Waals surface area contributed by atoms with Gasteiger partial charge >= 0.3 is 13.3 Å². The van der Waals surface area contributed by atoms with E-state index in [2.05, 4.69) is 10.6 Å². The van der Waals surface area contributed by atoms with Crippen molar-refractivity contribution in [3.8, 4) is 6.07 Å². The Labute approximate surface area is 204 Å². The summed E-state index contributed by atoms with van der Waals surface area (Å²) >= 11 is 0. The summed E-state index contributed by atoms with van der Waals surface area (Å²) in [5.74, 6) is -2.35. The lowest BCUT2D eigenvalue weighted by Crippen LogP contribution is -2.56. The second kappa shape index (κ2) is 14.4. The van der Waals surface area contributed by atoms with Crippen molar-refractivity contribution in [2.24, 2.45) is 11.8 Å². The van der Waals surface area contributed by atoms with Crippen LogP contribution in [0.4, 0.5) is 13.2 Å². The Morgan fingerprint density at radius 1 is 1.29 bits per heavy atom. The third kappa shape index (κ3) is 11.4. The number of amides is 2. The molecule has 0 saturated carbocycles. The monoisotopic (exact) mass is 504 g/mol. The molecule has 1 saturated heterocycles. The Hall–Kier alpha value is -2.14. The van der Waals surface area contributed by atoms with Crippen LogP contribution in [0, 0.1) is 23.2 Å². The van der Waals surface area contributed by atoms with Gasteiger partial charge in [-0.2, -0.15) is 18.4 Å². The first-order valence-electron chi connectivity index (χ1n) is 11.7. The zero-order valence-corrected chi connectivity index (χ0v) is 20.6. The van der Waals surface area contributed by atoms with Gasteiger partial charge in [-0.15, -0.1) is 0 Å². The number of hydrogen-bond acceptors (Lipinski definition) is 7. The molecule has 0 aromatic rings. The molecule has 2 amide bonds. The number of carbonyl (C=O) groups is 2. The summed E-state index contributed by atoms with van der Waals surface area (Å²) in [6, 6.07) is 0.115. The lowest BCUT2D eigenvalue weighted by Gasteiger charge is -2.27. The third-order valence-electron chi connectivity index (χ3n) is 5.36. The van der Waals surface area contributed by atoms with Gasteiger partial charge in [-0.1, -0.05) is 33.8 Å². The van der Waals surface area contributed by atoms with E-state index in [1.165, 1.54) is 4.90 Å². The lowest BCUT2D eigenvalue weighted by atomic mass is 9.75. The van der Waals surface area contributed by atoms with Crippen LogP contribution in [0.1, 0.15) is 47.0 Å². The van der Waals surface area contributed by atoms with Gasteiger partial charge < -0.3 is 25.0 Å². The molecule has 0 aromatic heterocycles. The molecule has 13 heteroatoms. The van der Waals surface area contributed by atoms with Crippen LogP contribution in [0.15, 0.2) is 11.6 Å². The van der Waals surface area contributed by atoms with E-state index in [1.54, 1.807) is 19.9 Å². The molecule has 35 heavy (non-hydrogen) atoms. The number of allylic oxidation sites excluding steroid dienone is 1. The summed E-state index contributed by atoms with van der Waals surface area (Å²) in [6.07, 6.45) is -1.52. The van der Waals surface area contributed by atoms with E-state index < -0.39 is 50.2 Å². The zero-order valence-electron chi connectivity index (χ0n) is 20.6. The van der Waals surface area contributed by atoms with Gasteiger partial charge in [-0.25, -0.2) is 0 Å². The fourth-order valence-corrected chi connectivity index (χ4v) is 3.76. The van der Waals surface area contributed by atoms with Gasteiger partial charge in [-0.3, -0.25) is 14.9 Å². The first-order valence-corrected chi connectivity index (χ1v) is 11.7. The average molecular weight is 504 g/mol. The van der Waals surface area contributed by atoms with Crippen LogP contribution in [-0.4, -0.2) is 84.4 Å². The fraction of sp³-hybridized carbons (Fsp3) is 0.773. The quantitative estimate of drug-likeness (QED) is 0.168. The zero-order chi connectivity index (χ0) is 26.8. The molecule has 1 aliphatic heterocycles. The Morgan fingerprint density at radius 2 is 1.94 bits per heavy atom. The van der Waals surface area contributed by atoms with Crippen molar-refractivity contribution in [2.45, 2.75) is 71.2 Å². The second-order valence-corrected chi connectivity index (χ2v) is 9.48. The smallest absolute Gasteiger partial charge is 0.426 e. The molecule has 0 bridgehead atoms. The molecule has 1 heterocycles. The van der Waals surface area contributed by atoms with Crippen LogP contribution in [0.2, 0.25) is 0 Å². The Kier molecular flexibility index (Phi) is 12.7. The van der Waals surface area contributed by atoms with Crippen LogP contribution < -0.4 is 10.6 Å². The number of nitrogens with one attached hydrogen (secondary N) is 2. The predicted octanol–water partition coefficient (Wildman–Crippen LogP) is 1.16. The van der Waals surface area contributed by atoms with Gasteiger partial charge in [-0.05, 0) is 31.1 Å². The van der Waals surface area contributed by atoms with Crippen molar-refractivity contribution >= 4 is 18.9 Å². The minimum atomic E-state index is -4.57. The van der Waals surface area contributed by atoms with Gasteiger partial charge in [0.15, 0.2) is 0 Å². The Balaban J connectivity index is 2.83. The summed E-state index contributed by atoms with van der Waals surface area (Å²) in [7, 11) is -1.88. The number of halogens is 3. The van der Waals surface area contributed by atoms with E-state index in [0.29, 0.717) is 19.4 Å². The Bertz CT molecular complexity index is 771. The molecule has 198 valence electrons. The molecular weight excluding hydrogens is 468 g/mol. The number of likely N-dealkylation sites (tertiary alicyclic amines) is 1. The summed E-state index contributed by atoms with van der Waals surface area (Å²) < 4.78 is 43.8. The van der Waals surface area contributed by atoms with Crippen molar-refractivity contribution in [3.63, 3.8) is 0 Å². The fourth-order valence-electron chi connectivity index (χ4n) is 3.76. The van der Waals surface area contributed by atoms with Gasteiger partial charge in [0.25, 0.3) is 5.91 Å². The highest BCUT2D eigenvalue weighted by atomic mass is 19.4. The largest absolute Gasteiger partial charge is 0.475 e. The van der Waals surface area contributed by atoms with E-state index in [4.69, 9.17) is 4.74 Å². The normalized spacial score (nSPS) is 18.5. The number of carbonyl (C=O) groups excluding carboxylic acids is 2. The summed E-state index contributed by atoms with van der Waals surface area (Å²) in [5, 5.41) is 32.8. The minimum Gasteiger partial charge on any atom is -0.426 e. The highest BCUT2D eigenvalue weighted by Crippen LogP contribution is 2.21. The van der Waals surface area contributed by atoms with Gasteiger partial charge in [0.1, 0.15) is 17.7 Å². The maximum absolute atomic E-state index is 12.8. The van der Waals surface area contributed by atoms with Gasteiger partial charge in [0.05, 0.1) is 31.7 Å². The molecule has 3 atom stereocenters. The van der Waals surface area contributed by atoms with E-state index in [1.807, 2.05) is 19.9 Å². The minimum absolute atomic E-state index is 0.00171. The van der Waals surface area contributed by atoms with Crippen molar-refractivity contribution in [3.05, 3.63) is 11.6 Å².